The summed E-state index contributed by atoms with van der Waals surface area (Å²) in [6, 6.07) is 6.37. The number of benzene rings is 1. The highest BCUT2D eigenvalue weighted by atomic mass is 35.5. The largest absolute Gasteiger partial charge is 0.444 e. The predicted octanol–water partition coefficient (Wildman–Crippen LogP) is 5.06. The first-order valence-electron chi connectivity index (χ1n) is 5.84. The van der Waals surface area contributed by atoms with Gasteiger partial charge >= 0.3 is 6.18 Å². The second-order valence-corrected chi connectivity index (χ2v) is 4.18. The summed E-state index contributed by atoms with van der Waals surface area (Å²) >= 11 is 5.12. The lowest BCUT2D eigenvalue weighted by Gasteiger charge is -2.04. The van der Waals surface area contributed by atoms with Crippen molar-refractivity contribution in [2.45, 2.75) is 32.4 Å². The predicted molar refractivity (Wildman–Crippen MR) is 71.8 cm³/mol. The van der Waals surface area contributed by atoms with Gasteiger partial charge in [0.05, 0.1) is 11.3 Å². The van der Waals surface area contributed by atoms with Crippen molar-refractivity contribution in [1.29, 1.82) is 0 Å². The van der Waals surface area contributed by atoms with Crippen LogP contribution in [0.2, 0.25) is 0 Å². The molecule has 0 aliphatic rings. The minimum atomic E-state index is -4.63. The molecule has 0 saturated carbocycles. The third-order valence-electron chi connectivity index (χ3n) is 2.23. The van der Waals surface area contributed by atoms with Gasteiger partial charge in [-0.3, -0.25) is 0 Å². The summed E-state index contributed by atoms with van der Waals surface area (Å²) < 4.78 is 37.0. The van der Waals surface area contributed by atoms with Gasteiger partial charge in [-0.15, -0.1) is 0 Å². The second-order valence-electron chi connectivity index (χ2n) is 3.82. The fourth-order valence-electron chi connectivity index (χ4n) is 1.27. The van der Waals surface area contributed by atoms with Crippen LogP contribution in [-0.4, -0.2) is 11.3 Å². The number of aliphatic imine (C=N–C) groups is 1. The molecule has 0 aromatic heterocycles. The Morgan fingerprint density at radius 3 is 2.63 bits per heavy atom. The maximum atomic E-state index is 12.3. The van der Waals surface area contributed by atoms with Crippen molar-refractivity contribution in [1.82, 2.24) is 0 Å². The zero-order valence-corrected chi connectivity index (χ0v) is 11.1. The SMILES string of the molecule is CCCCC#Cc1ccccc1N=C(Cl)C(F)(F)F. The van der Waals surface area contributed by atoms with Gasteiger partial charge in [0, 0.05) is 6.42 Å². The topological polar surface area (TPSA) is 12.4 Å². The molecule has 102 valence electrons. The van der Waals surface area contributed by atoms with Gasteiger partial charge in [0.1, 0.15) is 0 Å². The number of halogens is 4. The van der Waals surface area contributed by atoms with Gasteiger partial charge < -0.3 is 0 Å². The molecule has 0 fully saturated rings. The molecule has 1 aromatic carbocycles. The Morgan fingerprint density at radius 1 is 1.32 bits per heavy atom. The van der Waals surface area contributed by atoms with Crippen molar-refractivity contribution >= 4 is 22.5 Å². The van der Waals surface area contributed by atoms with E-state index in [1.54, 1.807) is 18.2 Å². The Labute approximate surface area is 115 Å². The number of hydrogen-bond donors (Lipinski definition) is 0. The van der Waals surface area contributed by atoms with Crippen LogP contribution in [-0.2, 0) is 0 Å². The molecule has 0 aliphatic heterocycles. The summed E-state index contributed by atoms with van der Waals surface area (Å²) in [6.07, 6.45) is -1.94. The molecule has 0 unspecified atom stereocenters. The van der Waals surface area contributed by atoms with Crippen molar-refractivity contribution in [2.24, 2.45) is 4.99 Å². The minimum absolute atomic E-state index is 0.133. The first-order valence-corrected chi connectivity index (χ1v) is 6.22. The molecule has 5 heteroatoms. The van der Waals surface area contributed by atoms with Gasteiger partial charge in [-0.05, 0) is 18.6 Å². The smallest absolute Gasteiger partial charge is 0.231 e. The molecule has 19 heavy (non-hydrogen) atoms. The van der Waals surface area contributed by atoms with Crippen LogP contribution in [0.4, 0.5) is 18.9 Å². The highest BCUT2D eigenvalue weighted by Gasteiger charge is 2.34. The fraction of sp³-hybridized carbons (Fsp3) is 0.357. The average Bonchev–Trinajstić information content (AvgIpc) is 2.35. The van der Waals surface area contributed by atoms with Crippen LogP contribution in [0.25, 0.3) is 0 Å². The van der Waals surface area contributed by atoms with Crippen LogP contribution in [0.1, 0.15) is 31.7 Å². The van der Waals surface area contributed by atoms with Crippen LogP contribution in [0.5, 0.6) is 0 Å². The maximum Gasteiger partial charge on any atom is 0.444 e. The summed E-state index contributed by atoms with van der Waals surface area (Å²) in [7, 11) is 0. The Hall–Kier alpha value is -1.47. The van der Waals surface area contributed by atoms with Gasteiger partial charge in [0.15, 0.2) is 0 Å². The number of unbranched alkanes of at least 4 members (excludes halogenated alkanes) is 2. The van der Waals surface area contributed by atoms with Gasteiger partial charge in [0.2, 0.25) is 5.17 Å². The Balaban J connectivity index is 2.99. The highest BCUT2D eigenvalue weighted by molar-refractivity contribution is 6.67. The molecule has 0 aliphatic carbocycles. The number of nitrogens with zero attached hydrogens (tertiary/aromatic N) is 1. The van der Waals surface area contributed by atoms with Crippen molar-refractivity contribution in [3.05, 3.63) is 29.8 Å². The lowest BCUT2D eigenvalue weighted by molar-refractivity contribution is -0.0558. The van der Waals surface area contributed by atoms with E-state index in [1.165, 1.54) is 6.07 Å². The Morgan fingerprint density at radius 2 is 2.00 bits per heavy atom. The van der Waals surface area contributed by atoms with Crippen molar-refractivity contribution in [2.75, 3.05) is 0 Å². The van der Waals surface area contributed by atoms with Crippen LogP contribution in [0.3, 0.4) is 0 Å². The summed E-state index contributed by atoms with van der Waals surface area (Å²) in [5.41, 5.74) is 0.579. The van der Waals surface area contributed by atoms with E-state index in [9.17, 15) is 13.2 Å². The van der Waals surface area contributed by atoms with Crippen LogP contribution in [0, 0.1) is 11.8 Å². The van der Waals surface area contributed by atoms with Crippen molar-refractivity contribution in [3.8, 4) is 11.8 Å². The summed E-state index contributed by atoms with van der Waals surface area (Å²) in [5, 5.41) is -1.39. The lowest BCUT2D eigenvalue weighted by atomic mass is 10.1. The normalized spacial score (nSPS) is 11.9. The molecule has 0 saturated heterocycles. The van der Waals surface area contributed by atoms with Gasteiger partial charge in [-0.1, -0.05) is 48.9 Å². The molecule has 0 bridgehead atoms. The molecule has 0 radical (unpaired) electrons. The molecule has 0 N–H and O–H groups in total. The van der Waals surface area contributed by atoms with Gasteiger partial charge in [0.25, 0.3) is 0 Å². The van der Waals surface area contributed by atoms with E-state index < -0.39 is 11.3 Å². The van der Waals surface area contributed by atoms with E-state index in [0.717, 1.165) is 12.8 Å². The molecule has 0 atom stereocenters. The number of para-hydroxylation sites is 1. The van der Waals surface area contributed by atoms with E-state index in [1.807, 2.05) is 6.92 Å². The zero-order chi connectivity index (χ0) is 14.3. The lowest BCUT2D eigenvalue weighted by Crippen LogP contribution is -2.16. The number of rotatable bonds is 3. The van der Waals surface area contributed by atoms with Gasteiger partial charge in [-0.25, -0.2) is 4.99 Å². The van der Waals surface area contributed by atoms with E-state index in [-0.39, 0.29) is 5.69 Å². The third-order valence-corrected chi connectivity index (χ3v) is 2.53. The summed E-state index contributed by atoms with van der Waals surface area (Å²) in [5.74, 6) is 5.73. The molecule has 0 spiro atoms. The molecule has 1 aromatic rings. The molecular weight excluding hydrogens is 275 g/mol. The van der Waals surface area contributed by atoms with E-state index in [2.05, 4.69) is 16.8 Å². The fourth-order valence-corrected chi connectivity index (χ4v) is 1.36. The molecule has 1 rings (SSSR count). The van der Waals surface area contributed by atoms with Crippen LogP contribution in [0.15, 0.2) is 29.3 Å². The second kappa shape index (κ2) is 7.20. The zero-order valence-electron chi connectivity index (χ0n) is 10.4. The number of hydrogen-bond acceptors (Lipinski definition) is 1. The standard InChI is InChI=1S/C14H13ClF3N/c1-2-3-4-5-8-11-9-6-7-10-12(11)19-13(15)14(16,17)18/h6-7,9-10H,2-4H2,1H3. The number of alkyl halides is 3. The average molecular weight is 288 g/mol. The Bertz CT molecular complexity index is 509. The first kappa shape index (κ1) is 15.6. The van der Waals surface area contributed by atoms with E-state index >= 15 is 0 Å². The molecule has 0 amide bonds. The minimum Gasteiger partial charge on any atom is -0.231 e. The highest BCUT2D eigenvalue weighted by Crippen LogP contribution is 2.25. The summed E-state index contributed by atoms with van der Waals surface area (Å²) in [6.45, 7) is 2.04. The summed E-state index contributed by atoms with van der Waals surface area (Å²) in [4.78, 5) is 3.38. The maximum absolute atomic E-state index is 12.3. The van der Waals surface area contributed by atoms with Crippen molar-refractivity contribution in [3.63, 3.8) is 0 Å². The van der Waals surface area contributed by atoms with Crippen LogP contribution >= 0.6 is 11.6 Å². The van der Waals surface area contributed by atoms with E-state index in [4.69, 9.17) is 11.6 Å². The molecule has 0 heterocycles. The van der Waals surface area contributed by atoms with Crippen molar-refractivity contribution < 1.29 is 13.2 Å². The Kier molecular flexibility index (Phi) is 5.91. The molecular formula is C14H13ClF3N. The first-order chi connectivity index (χ1) is 8.95. The quantitative estimate of drug-likeness (QED) is 0.419. The van der Waals surface area contributed by atoms with Crippen LogP contribution < -0.4 is 0 Å². The molecule has 1 nitrogen and oxygen atoms in total. The monoisotopic (exact) mass is 287 g/mol. The van der Waals surface area contributed by atoms with Gasteiger partial charge in [-0.2, -0.15) is 13.2 Å². The van der Waals surface area contributed by atoms with E-state index in [0.29, 0.717) is 12.0 Å². The third kappa shape index (κ3) is 5.35.